The average Bonchev–Trinajstić information content (AvgIpc) is 3.32. The topological polar surface area (TPSA) is 140 Å². The zero-order valence-electron chi connectivity index (χ0n) is 18.9. The highest BCUT2D eigenvalue weighted by Crippen LogP contribution is 2.29. The van der Waals surface area contributed by atoms with E-state index in [0.29, 0.717) is 48.2 Å². The first-order valence-electron chi connectivity index (χ1n) is 10.3. The van der Waals surface area contributed by atoms with Crippen molar-refractivity contribution in [2.45, 2.75) is 11.6 Å². The van der Waals surface area contributed by atoms with Crippen LogP contribution < -0.4 is 19.5 Å². The Labute approximate surface area is 206 Å². The quantitative estimate of drug-likeness (QED) is 0.232. The minimum Gasteiger partial charge on any atom is -0.493 e. The lowest BCUT2D eigenvalue weighted by atomic mass is 10.1. The highest BCUT2D eigenvalue weighted by atomic mass is 32.2. The molecule has 1 amide bonds. The van der Waals surface area contributed by atoms with Crippen LogP contribution in [0.3, 0.4) is 0 Å². The van der Waals surface area contributed by atoms with E-state index < -0.39 is 20.9 Å². The fourth-order valence-electron chi connectivity index (χ4n) is 2.73. The van der Waals surface area contributed by atoms with Gasteiger partial charge < -0.3 is 14.2 Å². The molecule has 3 rings (SSSR count). The molecular formula is C23H22N4O6S2. The molecular weight excluding hydrogens is 492 g/mol. The predicted octanol–water partition coefficient (Wildman–Crippen LogP) is 3.34. The summed E-state index contributed by atoms with van der Waals surface area (Å²) in [6.07, 6.45) is 2.99. The maximum Gasteiger partial charge on any atom is 0.268 e. The second-order valence-electron chi connectivity index (χ2n) is 7.05. The molecule has 12 heteroatoms. The van der Waals surface area contributed by atoms with E-state index in [-0.39, 0.29) is 10.7 Å². The monoisotopic (exact) mass is 514 g/mol. The highest BCUT2D eigenvalue weighted by Gasteiger charge is 2.17. The predicted molar refractivity (Wildman–Crippen MR) is 130 cm³/mol. The Bertz CT molecular complexity index is 1350. The largest absolute Gasteiger partial charge is 0.493 e. The smallest absolute Gasteiger partial charge is 0.268 e. The summed E-state index contributed by atoms with van der Waals surface area (Å²) in [6, 6.07) is 16.3. The summed E-state index contributed by atoms with van der Waals surface area (Å²) in [5, 5.41) is 11.4. The number of amides is 1. The Morgan fingerprint density at radius 3 is 2.54 bits per heavy atom. The molecule has 1 heterocycles. The van der Waals surface area contributed by atoms with Crippen LogP contribution in [0.4, 0.5) is 5.13 Å². The molecule has 35 heavy (non-hydrogen) atoms. The first-order valence-corrected chi connectivity index (χ1v) is 12.9. The minimum absolute atomic E-state index is 0.0332. The molecule has 1 aromatic heterocycles. The van der Waals surface area contributed by atoms with Crippen LogP contribution in [0.1, 0.15) is 12.0 Å². The van der Waals surface area contributed by atoms with Gasteiger partial charge in [0.1, 0.15) is 17.4 Å². The molecule has 0 fully saturated rings. The molecule has 0 saturated carbocycles. The van der Waals surface area contributed by atoms with Gasteiger partial charge in [0.15, 0.2) is 11.5 Å². The zero-order chi connectivity index (χ0) is 25.3. The number of carbonyl (C=O) groups is 1. The summed E-state index contributed by atoms with van der Waals surface area (Å²) >= 11 is 0.702. The molecule has 0 atom stereocenters. The number of methoxy groups -OCH3 is 1. The van der Waals surface area contributed by atoms with Gasteiger partial charge in [0, 0.05) is 24.2 Å². The summed E-state index contributed by atoms with van der Waals surface area (Å²) < 4.78 is 43.4. The zero-order valence-corrected chi connectivity index (χ0v) is 20.6. The number of ether oxygens (including phenoxy) is 3. The molecule has 182 valence electrons. The van der Waals surface area contributed by atoms with Crippen LogP contribution in [0.2, 0.25) is 0 Å². The van der Waals surface area contributed by atoms with Crippen molar-refractivity contribution in [2.75, 3.05) is 31.9 Å². The van der Waals surface area contributed by atoms with Crippen LogP contribution in [0.25, 0.3) is 6.08 Å². The van der Waals surface area contributed by atoms with Gasteiger partial charge in [0.25, 0.3) is 11.1 Å². The van der Waals surface area contributed by atoms with Gasteiger partial charge >= 0.3 is 0 Å². The normalized spacial score (nSPS) is 11.4. The Hall–Kier alpha value is -3.95. The average molecular weight is 515 g/mol. The van der Waals surface area contributed by atoms with Gasteiger partial charge in [-0.25, -0.2) is 8.42 Å². The summed E-state index contributed by atoms with van der Waals surface area (Å²) in [4.78, 5) is 16.2. The van der Waals surface area contributed by atoms with Gasteiger partial charge in [-0.05, 0) is 35.9 Å². The van der Waals surface area contributed by atoms with Gasteiger partial charge in [-0.2, -0.15) is 14.6 Å². The number of anilines is 1. The van der Waals surface area contributed by atoms with E-state index in [9.17, 15) is 18.5 Å². The van der Waals surface area contributed by atoms with Crippen molar-refractivity contribution in [1.82, 2.24) is 9.36 Å². The fourth-order valence-corrected chi connectivity index (χ4v) is 4.17. The second kappa shape index (κ2) is 12.0. The maximum absolute atomic E-state index is 12.5. The van der Waals surface area contributed by atoms with E-state index in [2.05, 4.69) is 14.7 Å². The van der Waals surface area contributed by atoms with Crippen molar-refractivity contribution in [3.8, 4) is 23.3 Å². The summed E-state index contributed by atoms with van der Waals surface area (Å²) in [5.41, 5.74) is 0.317. The highest BCUT2D eigenvalue weighted by molar-refractivity contribution is 7.90. The molecule has 1 N–H and O–H groups in total. The van der Waals surface area contributed by atoms with Gasteiger partial charge in [0.05, 0.1) is 20.3 Å². The summed E-state index contributed by atoms with van der Waals surface area (Å²) in [7, 11) is -2.12. The number of aromatic nitrogens is 2. The van der Waals surface area contributed by atoms with Gasteiger partial charge in [-0.15, -0.1) is 0 Å². The third kappa shape index (κ3) is 7.53. The third-order valence-electron chi connectivity index (χ3n) is 4.38. The van der Waals surface area contributed by atoms with E-state index >= 15 is 0 Å². The van der Waals surface area contributed by atoms with Crippen molar-refractivity contribution < 1.29 is 27.4 Å². The number of benzene rings is 2. The molecule has 0 spiro atoms. The number of nitrogens with zero attached hydrogens (tertiary/aromatic N) is 3. The fraction of sp³-hybridized carbons (Fsp3) is 0.217. The molecule has 0 aliphatic carbocycles. The van der Waals surface area contributed by atoms with Gasteiger partial charge in [0.2, 0.25) is 15.0 Å². The first-order chi connectivity index (χ1) is 16.8. The minimum atomic E-state index is -3.60. The number of hydrogen-bond donors (Lipinski definition) is 1. The van der Waals surface area contributed by atoms with Gasteiger partial charge in [-0.3, -0.25) is 10.1 Å². The Morgan fingerprint density at radius 1 is 1.14 bits per heavy atom. The van der Waals surface area contributed by atoms with E-state index in [4.69, 9.17) is 14.2 Å². The lowest BCUT2D eigenvalue weighted by Crippen LogP contribution is -2.13. The van der Waals surface area contributed by atoms with Crippen LogP contribution in [0.15, 0.2) is 59.3 Å². The maximum atomic E-state index is 12.5. The number of rotatable bonds is 11. The van der Waals surface area contributed by atoms with Gasteiger partial charge in [-0.1, -0.05) is 24.3 Å². The van der Waals surface area contributed by atoms with E-state index in [0.717, 1.165) is 12.0 Å². The molecule has 0 aliphatic heterocycles. The van der Waals surface area contributed by atoms with Crippen LogP contribution in [0.5, 0.6) is 17.2 Å². The lowest BCUT2D eigenvalue weighted by molar-refractivity contribution is -0.112. The van der Waals surface area contributed by atoms with E-state index in [1.807, 2.05) is 36.4 Å². The Balaban J connectivity index is 1.60. The summed E-state index contributed by atoms with van der Waals surface area (Å²) in [6.45, 7) is 0.898. The lowest BCUT2D eigenvalue weighted by Gasteiger charge is -2.12. The number of para-hydroxylation sites is 1. The van der Waals surface area contributed by atoms with Crippen molar-refractivity contribution in [1.29, 1.82) is 5.26 Å². The standard InChI is InChI=1S/C23H22N4O6S2/c1-31-20-14-16(9-10-19(20)33-12-6-11-32-18-7-4-3-5-8-18)13-17(15-24)21(28)25-22-26-23(27-34-22)35(2,29)30/h3-5,7-10,13-14H,6,11-12H2,1-2H3,(H,25,26,27,28)/b17-13-. The van der Waals surface area contributed by atoms with Crippen LogP contribution >= 0.6 is 11.5 Å². The summed E-state index contributed by atoms with van der Waals surface area (Å²) in [5.74, 6) is 0.985. The molecule has 2 aromatic carbocycles. The number of hydrogen-bond acceptors (Lipinski definition) is 10. The van der Waals surface area contributed by atoms with Crippen molar-refractivity contribution in [2.24, 2.45) is 0 Å². The van der Waals surface area contributed by atoms with E-state index in [1.54, 1.807) is 18.2 Å². The molecule has 0 unspecified atom stereocenters. The molecule has 0 saturated heterocycles. The van der Waals surface area contributed by atoms with Crippen LogP contribution in [0, 0.1) is 11.3 Å². The first kappa shape index (κ1) is 25.7. The molecule has 0 radical (unpaired) electrons. The van der Waals surface area contributed by atoms with Crippen molar-refractivity contribution in [3.05, 3.63) is 59.7 Å². The second-order valence-corrected chi connectivity index (χ2v) is 9.71. The number of nitrogens with one attached hydrogen (secondary N) is 1. The van der Waals surface area contributed by atoms with Crippen LogP contribution in [-0.4, -0.2) is 50.3 Å². The molecule has 3 aromatic rings. The Kier molecular flexibility index (Phi) is 8.77. The Morgan fingerprint density at radius 2 is 1.89 bits per heavy atom. The third-order valence-corrected chi connectivity index (χ3v) is 5.97. The number of nitriles is 1. The molecule has 10 nitrogen and oxygen atoms in total. The van der Waals surface area contributed by atoms with Crippen molar-refractivity contribution in [3.63, 3.8) is 0 Å². The SMILES string of the molecule is COc1cc(/C=C(/C#N)C(=O)Nc2nc(S(C)(=O)=O)ns2)ccc1OCCCOc1ccccc1. The molecule has 0 bridgehead atoms. The van der Waals surface area contributed by atoms with Crippen LogP contribution in [-0.2, 0) is 14.6 Å². The number of carbonyl (C=O) groups excluding carboxylic acids is 1. The van der Waals surface area contributed by atoms with E-state index in [1.165, 1.54) is 13.2 Å². The molecule has 0 aliphatic rings. The van der Waals surface area contributed by atoms with Crippen molar-refractivity contribution >= 4 is 38.5 Å². The number of sulfone groups is 1.